The Kier molecular flexibility index (Phi) is 6.80. The lowest BCUT2D eigenvalue weighted by Crippen LogP contribution is -2.21. The average Bonchev–Trinajstić information content (AvgIpc) is 1.97. The zero-order valence-electron chi connectivity index (χ0n) is 7.21. The number of hydrogen-bond donors (Lipinski definition) is 0. The lowest BCUT2D eigenvalue weighted by molar-refractivity contribution is 0.422. The average molecular weight is 178 g/mol. The second-order valence-electron chi connectivity index (χ2n) is 2.63. The van der Waals surface area contributed by atoms with E-state index in [1.54, 1.807) is 7.05 Å². The van der Waals surface area contributed by atoms with Crippen LogP contribution in [0.2, 0.25) is 0 Å². The summed E-state index contributed by atoms with van der Waals surface area (Å²) in [6.45, 7) is 2.78. The van der Waals surface area contributed by atoms with Gasteiger partial charge in [-0.3, -0.25) is 4.21 Å². The molecule has 0 aliphatic heterocycles. The molecule has 0 bridgehead atoms. The molecule has 0 radical (unpaired) electrons. The van der Waals surface area contributed by atoms with Crippen molar-refractivity contribution in [1.29, 1.82) is 0 Å². The van der Waals surface area contributed by atoms with E-state index in [0.717, 1.165) is 12.8 Å². The molecular weight excluding hydrogens is 162 g/mol. The molecule has 1 unspecified atom stereocenters. The van der Waals surface area contributed by atoms with Crippen LogP contribution in [-0.4, -0.2) is 26.7 Å². The summed E-state index contributed by atoms with van der Waals surface area (Å²) in [5.41, 5.74) is 0. The molecule has 0 aromatic rings. The van der Waals surface area contributed by atoms with Crippen LogP contribution in [0, 0.1) is 0 Å². The van der Waals surface area contributed by atoms with Gasteiger partial charge in [0, 0.05) is 17.8 Å². The Morgan fingerprint density at radius 1 is 1.36 bits per heavy atom. The summed E-state index contributed by atoms with van der Waals surface area (Å²) in [4.78, 5) is 0. The molecule has 4 heteroatoms. The van der Waals surface area contributed by atoms with Crippen LogP contribution < -0.4 is 0 Å². The maximum absolute atomic E-state index is 10.3. The molecule has 1 atom stereocenters. The van der Waals surface area contributed by atoms with E-state index in [9.17, 15) is 8.76 Å². The Hall–Kier alpha value is 0.0700. The molecule has 68 valence electrons. The first-order chi connectivity index (χ1) is 5.18. The van der Waals surface area contributed by atoms with Crippen molar-refractivity contribution in [1.82, 2.24) is 4.31 Å². The van der Waals surface area contributed by atoms with Crippen molar-refractivity contribution in [2.45, 2.75) is 32.6 Å². The zero-order chi connectivity index (χ0) is 8.69. The minimum atomic E-state index is -2.03. The maximum Gasteiger partial charge on any atom is 0.0206 e. The summed E-state index contributed by atoms with van der Waals surface area (Å²) in [5, 5.41) is 0. The van der Waals surface area contributed by atoms with Gasteiger partial charge in [0.25, 0.3) is 0 Å². The minimum absolute atomic E-state index is 0.649. The predicted octanol–water partition coefficient (Wildman–Crippen LogP) is 1.29. The lowest BCUT2D eigenvalue weighted by atomic mass is 10.2. The van der Waals surface area contributed by atoms with Crippen LogP contribution in [0.25, 0.3) is 0 Å². The molecule has 0 saturated carbocycles. The van der Waals surface area contributed by atoms with Gasteiger partial charge in [-0.2, -0.15) is 0 Å². The van der Waals surface area contributed by atoms with Crippen LogP contribution in [0.3, 0.4) is 0 Å². The van der Waals surface area contributed by atoms with Crippen molar-refractivity contribution >= 4 is 11.3 Å². The van der Waals surface area contributed by atoms with Gasteiger partial charge in [0.2, 0.25) is 0 Å². The number of nitrogens with zero attached hydrogens (tertiary/aromatic N) is 1. The molecule has 0 saturated heterocycles. The van der Waals surface area contributed by atoms with Crippen LogP contribution in [-0.2, 0) is 11.3 Å². The van der Waals surface area contributed by atoms with E-state index >= 15 is 0 Å². The van der Waals surface area contributed by atoms with Crippen LogP contribution in [0.1, 0.15) is 32.6 Å². The van der Waals surface area contributed by atoms with Gasteiger partial charge >= 0.3 is 0 Å². The highest BCUT2D eigenvalue weighted by Crippen LogP contribution is 2.00. The van der Waals surface area contributed by atoms with Gasteiger partial charge in [-0.15, -0.1) is 0 Å². The normalized spacial score (nSPS) is 13.8. The molecule has 0 aliphatic rings. The van der Waals surface area contributed by atoms with Crippen LogP contribution in [0.15, 0.2) is 0 Å². The fraction of sp³-hybridized carbons (Fsp3) is 1.00. The standard InChI is InChI=1S/C7H17NO2S/c1-3-4-5-6-7-8(2)11(9)10/h3-7H2,1-2H3,(H,9,10)/p-1. The maximum atomic E-state index is 10.3. The molecule has 0 N–H and O–H groups in total. The Balaban J connectivity index is 3.17. The Morgan fingerprint density at radius 2 is 2.00 bits per heavy atom. The SMILES string of the molecule is CCCCCCN(C)S(=O)[O-]. The quantitative estimate of drug-likeness (QED) is 0.454. The van der Waals surface area contributed by atoms with Crippen molar-refractivity contribution in [3.8, 4) is 0 Å². The molecule has 0 amide bonds. The van der Waals surface area contributed by atoms with Crippen LogP contribution in [0.5, 0.6) is 0 Å². The van der Waals surface area contributed by atoms with E-state index in [4.69, 9.17) is 0 Å². The molecule has 0 aliphatic carbocycles. The third kappa shape index (κ3) is 6.47. The fourth-order valence-electron chi connectivity index (χ4n) is 0.836. The molecule has 3 nitrogen and oxygen atoms in total. The summed E-state index contributed by atoms with van der Waals surface area (Å²) in [7, 11) is 1.59. The molecule has 0 rings (SSSR count). The van der Waals surface area contributed by atoms with Crippen molar-refractivity contribution in [3.63, 3.8) is 0 Å². The number of rotatable bonds is 6. The zero-order valence-corrected chi connectivity index (χ0v) is 8.02. The largest absolute Gasteiger partial charge is 0.760 e. The van der Waals surface area contributed by atoms with E-state index < -0.39 is 11.3 Å². The fourth-order valence-corrected chi connectivity index (χ4v) is 1.11. The van der Waals surface area contributed by atoms with E-state index in [0.29, 0.717) is 6.54 Å². The highest BCUT2D eigenvalue weighted by Gasteiger charge is 1.95. The molecule has 0 spiro atoms. The first-order valence-electron chi connectivity index (χ1n) is 3.99. The molecule has 11 heavy (non-hydrogen) atoms. The third-order valence-corrected chi connectivity index (χ3v) is 2.27. The lowest BCUT2D eigenvalue weighted by Gasteiger charge is -2.18. The summed E-state index contributed by atoms with van der Waals surface area (Å²) >= 11 is -2.03. The summed E-state index contributed by atoms with van der Waals surface area (Å²) in [6, 6.07) is 0. The van der Waals surface area contributed by atoms with Crippen molar-refractivity contribution in [2.75, 3.05) is 13.6 Å². The van der Waals surface area contributed by atoms with Crippen molar-refractivity contribution < 1.29 is 8.76 Å². The van der Waals surface area contributed by atoms with E-state index in [1.165, 1.54) is 17.1 Å². The Bertz CT molecular complexity index is 119. The topological polar surface area (TPSA) is 43.4 Å². The number of hydrogen-bond acceptors (Lipinski definition) is 2. The minimum Gasteiger partial charge on any atom is -0.760 e. The van der Waals surface area contributed by atoms with Gasteiger partial charge in [0.15, 0.2) is 0 Å². The van der Waals surface area contributed by atoms with Gasteiger partial charge in [0.05, 0.1) is 0 Å². The van der Waals surface area contributed by atoms with Gasteiger partial charge in [0.1, 0.15) is 0 Å². The summed E-state index contributed by atoms with van der Waals surface area (Å²) in [5.74, 6) is 0. The van der Waals surface area contributed by atoms with Crippen LogP contribution in [0.4, 0.5) is 0 Å². The Labute approximate surface area is 71.2 Å². The van der Waals surface area contributed by atoms with Gasteiger partial charge < -0.3 is 4.55 Å². The highest BCUT2D eigenvalue weighted by atomic mass is 32.2. The Morgan fingerprint density at radius 3 is 2.45 bits per heavy atom. The predicted molar refractivity (Wildman–Crippen MR) is 45.7 cm³/mol. The molecule has 0 aromatic carbocycles. The summed E-state index contributed by atoms with van der Waals surface area (Å²) < 4.78 is 21.9. The summed E-state index contributed by atoms with van der Waals surface area (Å²) in [6.07, 6.45) is 4.47. The van der Waals surface area contributed by atoms with Crippen LogP contribution >= 0.6 is 0 Å². The number of unbranched alkanes of at least 4 members (excludes halogenated alkanes) is 3. The second kappa shape index (κ2) is 6.76. The second-order valence-corrected chi connectivity index (χ2v) is 3.69. The molecule has 0 fully saturated rings. The first kappa shape index (κ1) is 11.1. The first-order valence-corrected chi connectivity index (χ1v) is 5.02. The van der Waals surface area contributed by atoms with E-state index in [-0.39, 0.29) is 0 Å². The molecule has 0 aromatic heterocycles. The third-order valence-electron chi connectivity index (χ3n) is 1.58. The van der Waals surface area contributed by atoms with Gasteiger partial charge in [-0.25, -0.2) is 4.31 Å². The van der Waals surface area contributed by atoms with Crippen molar-refractivity contribution in [2.24, 2.45) is 0 Å². The van der Waals surface area contributed by atoms with E-state index in [1.807, 2.05) is 0 Å². The van der Waals surface area contributed by atoms with Gasteiger partial charge in [-0.05, 0) is 13.5 Å². The van der Waals surface area contributed by atoms with Gasteiger partial charge in [-0.1, -0.05) is 26.2 Å². The van der Waals surface area contributed by atoms with Crippen molar-refractivity contribution in [3.05, 3.63) is 0 Å². The highest BCUT2D eigenvalue weighted by molar-refractivity contribution is 7.76. The smallest absolute Gasteiger partial charge is 0.0206 e. The monoisotopic (exact) mass is 178 g/mol. The molecular formula is C7H16NO2S-. The molecule has 0 heterocycles. The van der Waals surface area contributed by atoms with E-state index in [2.05, 4.69) is 6.92 Å².